The molecule has 0 saturated carbocycles. The zero-order chi connectivity index (χ0) is 35.1. The Balaban J connectivity index is 1.34. The molecule has 4 aliphatic heterocycles. The predicted octanol–water partition coefficient (Wildman–Crippen LogP) is 9.28. The second-order valence-electron chi connectivity index (χ2n) is 15.5. The highest BCUT2D eigenvalue weighted by Crippen LogP contribution is 2.53. The number of ether oxygens (including phenoxy) is 4. The summed E-state index contributed by atoms with van der Waals surface area (Å²) in [5, 5.41) is 1.25. The maximum Gasteiger partial charge on any atom is 0.264 e. The molecule has 6 aromatic rings. The Hall–Kier alpha value is -5.08. The van der Waals surface area contributed by atoms with E-state index in [-0.39, 0.29) is 25.7 Å². The van der Waals surface area contributed by atoms with Crippen molar-refractivity contribution in [2.75, 3.05) is 23.4 Å². The maximum atomic E-state index is 6.11. The molecule has 4 aliphatic rings. The highest BCUT2D eigenvalue weighted by Gasteiger charge is 2.47. The van der Waals surface area contributed by atoms with Crippen LogP contribution in [0.25, 0.3) is 10.1 Å². The van der Waals surface area contributed by atoms with Crippen molar-refractivity contribution in [3.05, 3.63) is 100 Å². The van der Waals surface area contributed by atoms with Crippen molar-refractivity contribution in [3.8, 4) is 23.0 Å². The third-order valence-corrected chi connectivity index (χ3v) is 12.3. The van der Waals surface area contributed by atoms with Gasteiger partial charge in [0, 0.05) is 43.6 Å². The van der Waals surface area contributed by atoms with Crippen molar-refractivity contribution in [2.45, 2.75) is 60.8 Å². The fraction of sp³-hybridized carbons (Fsp3) is 0.256. The molecule has 0 saturated heterocycles. The first-order chi connectivity index (χ1) is 24.5. The van der Waals surface area contributed by atoms with Gasteiger partial charge in [0.05, 0.1) is 17.1 Å². The molecule has 8 heteroatoms. The standard InChI is InChI=1S/C43H39BN2O4S/c1-22-13-31-37-32(14-22)46(39-25(4)17-35-41(26(39)5)50-21-49-35)40-28-11-9-10-12-36(28)51-42(40)44(37)29-18-33-34(48-20-47-33)19-30(29)45(31)38-23(2)15-27(16-24(38)3)43(6,7)8/h9-19H,20-21H2,1-8H3. The molecule has 5 heterocycles. The van der Waals surface area contributed by atoms with Crippen LogP contribution in [0.1, 0.15) is 54.2 Å². The van der Waals surface area contributed by atoms with Crippen molar-refractivity contribution in [1.29, 1.82) is 0 Å². The van der Waals surface area contributed by atoms with Crippen LogP contribution in [0.2, 0.25) is 0 Å². The molecule has 0 atom stereocenters. The Morgan fingerprint density at radius 3 is 2.04 bits per heavy atom. The van der Waals surface area contributed by atoms with Gasteiger partial charge in [-0.05, 0) is 109 Å². The normalized spacial score (nSPS) is 15.0. The third-order valence-electron chi connectivity index (χ3n) is 11.1. The largest absolute Gasteiger partial charge is 0.454 e. The molecule has 6 nitrogen and oxygen atoms in total. The summed E-state index contributed by atoms with van der Waals surface area (Å²) in [6, 6.07) is 24.9. The number of thiophene rings is 1. The van der Waals surface area contributed by atoms with Crippen LogP contribution >= 0.6 is 11.3 Å². The molecular weight excluding hydrogens is 651 g/mol. The average molecular weight is 691 g/mol. The monoisotopic (exact) mass is 690 g/mol. The Morgan fingerprint density at radius 1 is 0.647 bits per heavy atom. The summed E-state index contributed by atoms with van der Waals surface area (Å²) in [5.41, 5.74) is 16.9. The van der Waals surface area contributed by atoms with Crippen LogP contribution in [0.4, 0.5) is 34.1 Å². The second-order valence-corrected chi connectivity index (χ2v) is 16.6. The number of anilines is 6. The second kappa shape index (κ2) is 10.5. The maximum absolute atomic E-state index is 6.11. The summed E-state index contributed by atoms with van der Waals surface area (Å²) in [6.07, 6.45) is 0. The van der Waals surface area contributed by atoms with Gasteiger partial charge < -0.3 is 28.7 Å². The number of aryl methyl sites for hydroxylation is 4. The molecule has 0 amide bonds. The first-order valence-electron chi connectivity index (χ1n) is 17.7. The van der Waals surface area contributed by atoms with E-state index in [2.05, 4.69) is 132 Å². The van der Waals surface area contributed by atoms with Gasteiger partial charge in [-0.25, -0.2) is 0 Å². The van der Waals surface area contributed by atoms with E-state index in [1.807, 2.05) is 11.3 Å². The Morgan fingerprint density at radius 2 is 1.29 bits per heavy atom. The lowest BCUT2D eigenvalue weighted by atomic mass is 9.36. The van der Waals surface area contributed by atoms with Crippen molar-refractivity contribution in [1.82, 2.24) is 0 Å². The van der Waals surface area contributed by atoms with Gasteiger partial charge in [-0.3, -0.25) is 0 Å². The third kappa shape index (κ3) is 4.23. The van der Waals surface area contributed by atoms with Crippen LogP contribution in [0.5, 0.6) is 23.0 Å². The number of benzene rings is 5. The van der Waals surface area contributed by atoms with Crippen molar-refractivity contribution >= 4 is 78.0 Å². The first kappa shape index (κ1) is 30.7. The fourth-order valence-corrected chi connectivity index (χ4v) is 10.2. The summed E-state index contributed by atoms with van der Waals surface area (Å²) >= 11 is 1.90. The fourth-order valence-electron chi connectivity index (χ4n) is 8.87. The lowest BCUT2D eigenvalue weighted by Gasteiger charge is -2.44. The van der Waals surface area contributed by atoms with E-state index in [4.69, 9.17) is 18.9 Å². The molecule has 0 aliphatic carbocycles. The van der Waals surface area contributed by atoms with E-state index in [1.54, 1.807) is 0 Å². The van der Waals surface area contributed by atoms with Crippen LogP contribution in [0.3, 0.4) is 0 Å². The average Bonchev–Trinajstić information content (AvgIpc) is 3.83. The molecule has 254 valence electrons. The number of fused-ring (bicyclic) bond motifs is 8. The van der Waals surface area contributed by atoms with Gasteiger partial charge >= 0.3 is 0 Å². The number of hydrogen-bond acceptors (Lipinski definition) is 7. The van der Waals surface area contributed by atoms with Gasteiger partial charge in [-0.1, -0.05) is 51.1 Å². The van der Waals surface area contributed by atoms with Crippen molar-refractivity contribution in [2.24, 2.45) is 0 Å². The van der Waals surface area contributed by atoms with Crippen molar-refractivity contribution in [3.63, 3.8) is 0 Å². The van der Waals surface area contributed by atoms with Crippen LogP contribution in [0, 0.1) is 34.6 Å². The molecule has 5 aromatic carbocycles. The van der Waals surface area contributed by atoms with E-state index in [1.165, 1.54) is 70.8 Å². The van der Waals surface area contributed by atoms with Gasteiger partial charge in [0.15, 0.2) is 23.0 Å². The van der Waals surface area contributed by atoms with Crippen LogP contribution in [-0.2, 0) is 5.41 Å². The van der Waals surface area contributed by atoms with E-state index < -0.39 is 0 Å². The van der Waals surface area contributed by atoms with E-state index in [9.17, 15) is 0 Å². The Bertz CT molecular complexity index is 2490. The van der Waals surface area contributed by atoms with Gasteiger partial charge in [0.2, 0.25) is 13.6 Å². The highest BCUT2D eigenvalue weighted by molar-refractivity contribution is 7.33. The summed E-state index contributed by atoms with van der Waals surface area (Å²) in [5.74, 6) is 3.23. The molecule has 10 rings (SSSR count). The Labute approximate surface area is 303 Å². The number of hydrogen-bond donors (Lipinski definition) is 0. The topological polar surface area (TPSA) is 43.4 Å². The van der Waals surface area contributed by atoms with Gasteiger partial charge in [0.1, 0.15) is 0 Å². The minimum atomic E-state index is -0.0101. The van der Waals surface area contributed by atoms with Crippen LogP contribution in [0.15, 0.2) is 66.7 Å². The van der Waals surface area contributed by atoms with E-state index >= 15 is 0 Å². The molecule has 0 radical (unpaired) electrons. The van der Waals surface area contributed by atoms with Crippen molar-refractivity contribution < 1.29 is 18.9 Å². The van der Waals surface area contributed by atoms with Crippen LogP contribution in [-0.4, -0.2) is 20.3 Å². The first-order valence-corrected chi connectivity index (χ1v) is 18.5. The lowest BCUT2D eigenvalue weighted by molar-refractivity contribution is 0.173. The quantitative estimate of drug-likeness (QED) is 0.169. The molecule has 51 heavy (non-hydrogen) atoms. The molecule has 0 bridgehead atoms. The molecular formula is C43H39BN2O4S. The van der Waals surface area contributed by atoms with Gasteiger partial charge in [-0.2, -0.15) is 0 Å². The molecule has 0 unspecified atom stereocenters. The summed E-state index contributed by atoms with van der Waals surface area (Å²) in [7, 11) is 0. The highest BCUT2D eigenvalue weighted by atomic mass is 32.1. The molecule has 0 spiro atoms. The molecule has 1 aromatic heterocycles. The minimum Gasteiger partial charge on any atom is -0.454 e. The molecule has 0 fully saturated rings. The van der Waals surface area contributed by atoms with E-state index in [0.717, 1.165) is 45.5 Å². The lowest BCUT2D eigenvalue weighted by Crippen LogP contribution is -2.60. The smallest absolute Gasteiger partial charge is 0.264 e. The van der Waals surface area contributed by atoms with E-state index in [0.29, 0.717) is 0 Å². The summed E-state index contributed by atoms with van der Waals surface area (Å²) in [6.45, 7) is 18.4. The number of nitrogens with zero attached hydrogens (tertiary/aromatic N) is 2. The van der Waals surface area contributed by atoms with Gasteiger partial charge in [-0.15, -0.1) is 11.3 Å². The minimum absolute atomic E-state index is 0.0101. The van der Waals surface area contributed by atoms with Gasteiger partial charge in [0.25, 0.3) is 6.71 Å². The molecule has 0 N–H and O–H groups in total. The Kier molecular flexibility index (Phi) is 6.32. The summed E-state index contributed by atoms with van der Waals surface area (Å²) in [4.78, 5) is 5.04. The summed E-state index contributed by atoms with van der Waals surface area (Å²) < 4.78 is 26.8. The zero-order valence-corrected chi connectivity index (χ0v) is 31.1. The predicted molar refractivity (Wildman–Crippen MR) is 210 cm³/mol. The zero-order valence-electron chi connectivity index (χ0n) is 30.3. The van der Waals surface area contributed by atoms with Crippen LogP contribution < -0.4 is 44.4 Å². The SMILES string of the molecule is Cc1cc2c3c(c1)N(c1c(C)cc4c(c1C)OCO4)c1c(sc4ccccc14)B3c1cc3c(cc1N2c1c(C)cc(C(C)(C)C)cc1C)OCO3. The number of rotatable bonds is 2.